The number of nitrogens with zero attached hydrogens (tertiary/aromatic N) is 2. The van der Waals surface area contributed by atoms with Crippen LogP contribution in [0.3, 0.4) is 0 Å². The molecular weight excluding hydrogens is 218 g/mol. The summed E-state index contributed by atoms with van der Waals surface area (Å²) in [5.41, 5.74) is 0. The van der Waals surface area contributed by atoms with Crippen molar-refractivity contribution >= 4 is 23.4 Å². The lowest BCUT2D eigenvalue weighted by Crippen LogP contribution is -2.50. The summed E-state index contributed by atoms with van der Waals surface area (Å²) in [7, 11) is 2.02. The number of hydrogen-bond donors (Lipinski definition) is 1. The van der Waals surface area contributed by atoms with Crippen LogP contribution in [-0.4, -0.2) is 67.3 Å². The van der Waals surface area contributed by atoms with Gasteiger partial charge in [-0.05, 0) is 7.05 Å². The third kappa shape index (κ3) is 4.05. The molecule has 0 aromatic heterocycles. The van der Waals surface area contributed by atoms with Gasteiger partial charge in [0.25, 0.3) is 0 Å². The predicted octanol–water partition coefficient (Wildman–Crippen LogP) is -0.885. The quantitative estimate of drug-likeness (QED) is 0.644. The molecule has 1 heterocycles. The Morgan fingerprint density at radius 3 is 2.40 bits per heavy atom. The molecule has 6 heteroatoms. The minimum atomic E-state index is -0.306. The Morgan fingerprint density at radius 2 is 1.87 bits per heavy atom. The molecule has 0 unspecified atom stereocenters. The van der Waals surface area contributed by atoms with Gasteiger partial charge in [0.1, 0.15) is 5.88 Å². The lowest BCUT2D eigenvalue weighted by atomic mass is 10.3. The fourth-order valence-corrected chi connectivity index (χ4v) is 1.48. The zero-order chi connectivity index (χ0) is 11.3. The van der Waals surface area contributed by atoms with E-state index in [9.17, 15) is 9.59 Å². The van der Waals surface area contributed by atoms with Crippen LogP contribution in [0.15, 0.2) is 0 Å². The van der Waals surface area contributed by atoms with Crippen LogP contribution in [0.5, 0.6) is 0 Å². The van der Waals surface area contributed by atoms with Crippen molar-refractivity contribution < 1.29 is 9.59 Å². The van der Waals surface area contributed by atoms with E-state index in [1.54, 1.807) is 4.90 Å². The molecule has 0 aromatic carbocycles. The molecule has 1 fully saturated rings. The van der Waals surface area contributed by atoms with Crippen LogP contribution in [0.4, 0.5) is 0 Å². The lowest BCUT2D eigenvalue weighted by molar-refractivity contribution is -0.133. The van der Waals surface area contributed by atoms with Gasteiger partial charge in [0.2, 0.25) is 11.8 Å². The highest BCUT2D eigenvalue weighted by molar-refractivity contribution is 6.27. The van der Waals surface area contributed by atoms with E-state index in [4.69, 9.17) is 11.6 Å². The van der Waals surface area contributed by atoms with Crippen molar-refractivity contribution in [3.05, 3.63) is 0 Å². The van der Waals surface area contributed by atoms with Crippen molar-refractivity contribution in [2.45, 2.75) is 0 Å². The third-order valence-corrected chi connectivity index (χ3v) is 2.66. The van der Waals surface area contributed by atoms with E-state index in [1.807, 2.05) is 7.05 Å². The Hall–Kier alpha value is -0.810. The van der Waals surface area contributed by atoms with Gasteiger partial charge in [0, 0.05) is 26.2 Å². The maximum Gasteiger partial charge on any atom is 0.242 e. The van der Waals surface area contributed by atoms with Crippen LogP contribution >= 0.6 is 11.6 Å². The van der Waals surface area contributed by atoms with Crippen molar-refractivity contribution in [3.63, 3.8) is 0 Å². The first-order valence-corrected chi connectivity index (χ1v) is 5.46. The number of rotatable bonds is 3. The van der Waals surface area contributed by atoms with E-state index in [0.29, 0.717) is 0 Å². The fourth-order valence-electron chi connectivity index (χ4n) is 1.39. The van der Waals surface area contributed by atoms with Crippen LogP contribution in [-0.2, 0) is 9.59 Å². The molecule has 5 nitrogen and oxygen atoms in total. The highest BCUT2D eigenvalue weighted by Crippen LogP contribution is 1.98. The summed E-state index contributed by atoms with van der Waals surface area (Å²) in [5, 5.41) is 2.46. The minimum Gasteiger partial charge on any atom is -0.346 e. The maximum atomic E-state index is 11.6. The summed E-state index contributed by atoms with van der Waals surface area (Å²) in [5.74, 6) is -0.448. The summed E-state index contributed by atoms with van der Waals surface area (Å²) >= 11 is 5.30. The second kappa shape index (κ2) is 5.92. The number of amides is 2. The van der Waals surface area contributed by atoms with Crippen molar-refractivity contribution in [3.8, 4) is 0 Å². The summed E-state index contributed by atoms with van der Waals surface area (Å²) in [6.45, 7) is 3.28. The molecule has 1 N–H and O–H groups in total. The largest absolute Gasteiger partial charge is 0.346 e. The molecule has 0 saturated carbocycles. The molecular formula is C9H16ClN3O2. The molecule has 86 valence electrons. The Labute approximate surface area is 94.3 Å². The SMILES string of the molecule is CN1CCN(C(=O)CNC(=O)CCl)CC1. The van der Waals surface area contributed by atoms with Gasteiger partial charge in [-0.2, -0.15) is 0 Å². The molecule has 0 aliphatic carbocycles. The molecule has 0 atom stereocenters. The second-order valence-corrected chi connectivity index (χ2v) is 3.86. The van der Waals surface area contributed by atoms with Crippen molar-refractivity contribution in [1.29, 1.82) is 0 Å². The average Bonchev–Trinajstić information content (AvgIpc) is 2.26. The number of alkyl halides is 1. The fraction of sp³-hybridized carbons (Fsp3) is 0.778. The maximum absolute atomic E-state index is 11.6. The van der Waals surface area contributed by atoms with Crippen molar-refractivity contribution in [2.75, 3.05) is 45.7 Å². The molecule has 2 amide bonds. The number of carbonyl (C=O) groups excluding carboxylic acids is 2. The van der Waals surface area contributed by atoms with Crippen LogP contribution in [0.25, 0.3) is 0 Å². The number of nitrogens with one attached hydrogen (secondary N) is 1. The second-order valence-electron chi connectivity index (χ2n) is 3.59. The molecule has 1 rings (SSSR count). The Balaban J connectivity index is 2.25. The Morgan fingerprint density at radius 1 is 1.27 bits per heavy atom. The zero-order valence-electron chi connectivity index (χ0n) is 8.83. The molecule has 0 bridgehead atoms. The molecule has 0 spiro atoms. The van der Waals surface area contributed by atoms with E-state index < -0.39 is 0 Å². The summed E-state index contributed by atoms with van der Waals surface area (Å²) in [6, 6.07) is 0. The van der Waals surface area contributed by atoms with Gasteiger partial charge in [0.05, 0.1) is 6.54 Å². The van der Waals surface area contributed by atoms with Gasteiger partial charge in [-0.25, -0.2) is 0 Å². The first kappa shape index (κ1) is 12.3. The summed E-state index contributed by atoms with van der Waals surface area (Å²) in [6.07, 6.45) is 0. The van der Waals surface area contributed by atoms with E-state index >= 15 is 0 Å². The highest BCUT2D eigenvalue weighted by atomic mass is 35.5. The van der Waals surface area contributed by atoms with Gasteiger partial charge in [-0.1, -0.05) is 0 Å². The van der Waals surface area contributed by atoms with Crippen molar-refractivity contribution in [2.24, 2.45) is 0 Å². The Kier molecular flexibility index (Phi) is 4.84. The standard InChI is InChI=1S/C9H16ClN3O2/c1-12-2-4-13(5-3-12)9(15)7-11-8(14)6-10/h2-7H2,1H3,(H,11,14). The van der Waals surface area contributed by atoms with E-state index in [1.165, 1.54) is 0 Å². The van der Waals surface area contributed by atoms with Crippen LogP contribution < -0.4 is 5.32 Å². The van der Waals surface area contributed by atoms with Gasteiger partial charge < -0.3 is 15.1 Å². The molecule has 0 aromatic rings. The van der Waals surface area contributed by atoms with E-state index in [0.717, 1.165) is 26.2 Å². The summed E-state index contributed by atoms with van der Waals surface area (Å²) in [4.78, 5) is 26.3. The third-order valence-electron chi connectivity index (χ3n) is 2.41. The zero-order valence-corrected chi connectivity index (χ0v) is 9.59. The monoisotopic (exact) mass is 233 g/mol. The van der Waals surface area contributed by atoms with Gasteiger partial charge in [0.15, 0.2) is 0 Å². The predicted molar refractivity (Wildman–Crippen MR) is 57.8 cm³/mol. The number of carbonyl (C=O) groups is 2. The average molecular weight is 234 g/mol. The molecule has 1 aliphatic rings. The lowest BCUT2D eigenvalue weighted by Gasteiger charge is -2.32. The number of hydrogen-bond acceptors (Lipinski definition) is 3. The van der Waals surface area contributed by atoms with E-state index in [-0.39, 0.29) is 24.2 Å². The minimum absolute atomic E-state index is 0.0402. The smallest absolute Gasteiger partial charge is 0.242 e. The normalized spacial score (nSPS) is 17.6. The molecule has 1 aliphatic heterocycles. The molecule has 15 heavy (non-hydrogen) atoms. The number of halogens is 1. The van der Waals surface area contributed by atoms with Gasteiger partial charge >= 0.3 is 0 Å². The van der Waals surface area contributed by atoms with Crippen LogP contribution in [0.1, 0.15) is 0 Å². The Bertz CT molecular complexity index is 240. The van der Waals surface area contributed by atoms with Crippen LogP contribution in [0.2, 0.25) is 0 Å². The first-order valence-electron chi connectivity index (χ1n) is 4.92. The topological polar surface area (TPSA) is 52.6 Å². The number of piperazine rings is 1. The summed E-state index contributed by atoms with van der Waals surface area (Å²) < 4.78 is 0. The highest BCUT2D eigenvalue weighted by Gasteiger charge is 2.18. The number of likely N-dealkylation sites (N-methyl/N-ethyl adjacent to an activating group) is 1. The van der Waals surface area contributed by atoms with Crippen molar-refractivity contribution in [1.82, 2.24) is 15.1 Å². The molecule has 0 radical (unpaired) electrons. The van der Waals surface area contributed by atoms with E-state index in [2.05, 4.69) is 10.2 Å². The molecule has 1 saturated heterocycles. The first-order chi connectivity index (χ1) is 7.13. The van der Waals surface area contributed by atoms with Gasteiger partial charge in [-0.15, -0.1) is 11.6 Å². The van der Waals surface area contributed by atoms with Gasteiger partial charge in [-0.3, -0.25) is 9.59 Å². The van der Waals surface area contributed by atoms with Crippen LogP contribution in [0, 0.1) is 0 Å².